The van der Waals surface area contributed by atoms with Crippen LogP contribution < -0.4 is 15.8 Å². The molecule has 0 aliphatic heterocycles. The maximum Gasteiger partial charge on any atom is 0.237 e. The van der Waals surface area contributed by atoms with Crippen molar-refractivity contribution in [3.8, 4) is 5.75 Å². The standard InChI is InChI=1S/C15H20N2O3/c1-9(17-15(2,3)14(16)18)12-8-10-6-5-7-11(19-4)13(10)20-12/h5-9,17H,1-4H3,(H2,16,18). The minimum Gasteiger partial charge on any atom is -0.493 e. The van der Waals surface area contributed by atoms with Crippen LogP contribution in [0.15, 0.2) is 28.7 Å². The molecule has 0 saturated carbocycles. The molecule has 0 spiro atoms. The van der Waals surface area contributed by atoms with E-state index in [-0.39, 0.29) is 6.04 Å². The zero-order chi connectivity index (χ0) is 14.9. The van der Waals surface area contributed by atoms with E-state index < -0.39 is 11.4 Å². The van der Waals surface area contributed by atoms with Gasteiger partial charge in [-0.15, -0.1) is 0 Å². The number of amides is 1. The van der Waals surface area contributed by atoms with Gasteiger partial charge in [0.25, 0.3) is 0 Å². The van der Waals surface area contributed by atoms with Crippen LogP contribution in [0, 0.1) is 0 Å². The molecule has 1 aromatic carbocycles. The Morgan fingerprint density at radius 2 is 2.15 bits per heavy atom. The monoisotopic (exact) mass is 276 g/mol. The highest BCUT2D eigenvalue weighted by Crippen LogP contribution is 2.31. The summed E-state index contributed by atoms with van der Waals surface area (Å²) in [6, 6.07) is 7.51. The maximum absolute atomic E-state index is 11.4. The predicted octanol–water partition coefficient (Wildman–Crippen LogP) is 2.36. The van der Waals surface area contributed by atoms with E-state index >= 15 is 0 Å². The number of para-hydroxylation sites is 1. The topological polar surface area (TPSA) is 77.5 Å². The Balaban J connectivity index is 2.31. The summed E-state index contributed by atoms with van der Waals surface area (Å²) >= 11 is 0. The van der Waals surface area contributed by atoms with E-state index in [1.54, 1.807) is 21.0 Å². The van der Waals surface area contributed by atoms with E-state index in [9.17, 15) is 4.79 Å². The van der Waals surface area contributed by atoms with Crippen molar-refractivity contribution in [1.29, 1.82) is 0 Å². The van der Waals surface area contributed by atoms with Crippen LogP contribution >= 0.6 is 0 Å². The first kappa shape index (κ1) is 14.4. The first-order valence-corrected chi connectivity index (χ1v) is 6.49. The number of furan rings is 1. The number of carbonyl (C=O) groups excluding carboxylic acids is 1. The number of hydrogen-bond donors (Lipinski definition) is 2. The normalized spacial score (nSPS) is 13.4. The molecule has 108 valence electrons. The van der Waals surface area contributed by atoms with Crippen molar-refractivity contribution in [3.63, 3.8) is 0 Å². The molecule has 5 nitrogen and oxygen atoms in total. The van der Waals surface area contributed by atoms with Gasteiger partial charge in [-0.3, -0.25) is 10.1 Å². The molecule has 2 aromatic rings. The van der Waals surface area contributed by atoms with Crippen LogP contribution in [0.25, 0.3) is 11.0 Å². The fourth-order valence-electron chi connectivity index (χ4n) is 2.11. The first-order chi connectivity index (χ1) is 9.35. The number of methoxy groups -OCH3 is 1. The largest absolute Gasteiger partial charge is 0.493 e. The molecule has 20 heavy (non-hydrogen) atoms. The number of hydrogen-bond acceptors (Lipinski definition) is 4. The van der Waals surface area contributed by atoms with Crippen LogP contribution in [-0.2, 0) is 4.79 Å². The molecule has 0 saturated heterocycles. The van der Waals surface area contributed by atoms with E-state index in [0.29, 0.717) is 11.3 Å². The van der Waals surface area contributed by atoms with Gasteiger partial charge in [0, 0.05) is 5.39 Å². The van der Waals surface area contributed by atoms with Crippen molar-refractivity contribution in [3.05, 3.63) is 30.0 Å². The zero-order valence-electron chi connectivity index (χ0n) is 12.2. The molecule has 0 aliphatic carbocycles. The van der Waals surface area contributed by atoms with Gasteiger partial charge in [-0.25, -0.2) is 0 Å². The summed E-state index contributed by atoms with van der Waals surface area (Å²) in [5.74, 6) is 1.02. The zero-order valence-corrected chi connectivity index (χ0v) is 12.2. The minimum atomic E-state index is -0.803. The number of primary amides is 1. The molecule has 0 bridgehead atoms. The van der Waals surface area contributed by atoms with Crippen molar-refractivity contribution in [2.45, 2.75) is 32.4 Å². The Kier molecular flexibility index (Phi) is 3.72. The SMILES string of the molecule is COc1cccc2cc(C(C)NC(C)(C)C(N)=O)oc12. The van der Waals surface area contributed by atoms with Gasteiger partial charge in [-0.05, 0) is 32.9 Å². The minimum absolute atomic E-state index is 0.144. The molecule has 0 fully saturated rings. The summed E-state index contributed by atoms with van der Waals surface area (Å²) in [6.07, 6.45) is 0. The van der Waals surface area contributed by atoms with Gasteiger partial charge in [-0.2, -0.15) is 0 Å². The quantitative estimate of drug-likeness (QED) is 0.878. The van der Waals surface area contributed by atoms with E-state index in [0.717, 1.165) is 11.1 Å². The van der Waals surface area contributed by atoms with Crippen molar-refractivity contribution in [2.24, 2.45) is 5.73 Å². The highest BCUT2D eigenvalue weighted by Gasteiger charge is 2.28. The summed E-state index contributed by atoms with van der Waals surface area (Å²) in [4.78, 5) is 11.4. The fraction of sp³-hybridized carbons (Fsp3) is 0.400. The lowest BCUT2D eigenvalue weighted by Crippen LogP contribution is -2.51. The van der Waals surface area contributed by atoms with Crippen molar-refractivity contribution < 1.29 is 13.9 Å². The Morgan fingerprint density at radius 3 is 2.75 bits per heavy atom. The molecule has 1 unspecified atom stereocenters. The van der Waals surface area contributed by atoms with Crippen molar-refractivity contribution >= 4 is 16.9 Å². The average molecular weight is 276 g/mol. The lowest BCUT2D eigenvalue weighted by Gasteiger charge is -2.25. The third kappa shape index (κ3) is 2.63. The van der Waals surface area contributed by atoms with Crippen LogP contribution in [0.1, 0.15) is 32.6 Å². The second-order valence-corrected chi connectivity index (χ2v) is 5.38. The van der Waals surface area contributed by atoms with E-state index in [4.69, 9.17) is 14.9 Å². The van der Waals surface area contributed by atoms with Crippen LogP contribution in [0.4, 0.5) is 0 Å². The number of ether oxygens (including phenoxy) is 1. The second-order valence-electron chi connectivity index (χ2n) is 5.38. The molecule has 1 aromatic heterocycles. The average Bonchev–Trinajstić information content (AvgIpc) is 2.81. The number of benzene rings is 1. The molecule has 3 N–H and O–H groups in total. The number of nitrogens with two attached hydrogens (primary N) is 1. The highest BCUT2D eigenvalue weighted by atomic mass is 16.5. The van der Waals surface area contributed by atoms with Gasteiger partial charge in [-0.1, -0.05) is 12.1 Å². The van der Waals surface area contributed by atoms with Gasteiger partial charge in [0.1, 0.15) is 5.76 Å². The molecule has 0 aliphatic rings. The Bertz CT molecular complexity index is 631. The summed E-state index contributed by atoms with van der Waals surface area (Å²) in [5, 5.41) is 4.12. The summed E-state index contributed by atoms with van der Waals surface area (Å²) in [6.45, 7) is 5.42. The molecule has 0 radical (unpaired) electrons. The highest BCUT2D eigenvalue weighted by molar-refractivity contribution is 5.84. The third-order valence-electron chi connectivity index (χ3n) is 3.37. The third-order valence-corrected chi connectivity index (χ3v) is 3.37. The summed E-state index contributed by atoms with van der Waals surface area (Å²) in [5.41, 5.74) is 5.27. The molecule has 1 atom stereocenters. The van der Waals surface area contributed by atoms with Crippen molar-refractivity contribution in [1.82, 2.24) is 5.32 Å². The summed E-state index contributed by atoms with van der Waals surface area (Å²) in [7, 11) is 1.61. The Hall–Kier alpha value is -2.01. The molecule has 2 rings (SSSR count). The van der Waals surface area contributed by atoms with Crippen LogP contribution in [0.2, 0.25) is 0 Å². The fourth-order valence-corrected chi connectivity index (χ4v) is 2.11. The predicted molar refractivity (Wildman–Crippen MR) is 77.6 cm³/mol. The molecular formula is C15H20N2O3. The second kappa shape index (κ2) is 5.17. The smallest absolute Gasteiger partial charge is 0.237 e. The number of fused-ring (bicyclic) bond motifs is 1. The van der Waals surface area contributed by atoms with E-state index in [1.165, 1.54) is 0 Å². The van der Waals surface area contributed by atoms with Gasteiger partial charge >= 0.3 is 0 Å². The van der Waals surface area contributed by atoms with Crippen LogP contribution in [0.5, 0.6) is 5.75 Å². The lowest BCUT2D eigenvalue weighted by molar-refractivity contribution is -0.123. The van der Waals surface area contributed by atoms with Crippen LogP contribution in [0.3, 0.4) is 0 Å². The van der Waals surface area contributed by atoms with Crippen LogP contribution in [-0.4, -0.2) is 18.6 Å². The molecular weight excluding hydrogens is 256 g/mol. The van der Waals surface area contributed by atoms with E-state index in [2.05, 4.69) is 5.32 Å². The first-order valence-electron chi connectivity index (χ1n) is 6.49. The lowest BCUT2D eigenvalue weighted by atomic mass is 10.0. The Labute approximate surface area is 118 Å². The van der Waals surface area contributed by atoms with Gasteiger partial charge in [0.2, 0.25) is 5.91 Å². The maximum atomic E-state index is 11.4. The van der Waals surface area contributed by atoms with Gasteiger partial charge in [0.05, 0.1) is 18.7 Å². The summed E-state index contributed by atoms with van der Waals surface area (Å²) < 4.78 is 11.1. The molecule has 1 heterocycles. The van der Waals surface area contributed by atoms with Crippen molar-refractivity contribution in [2.75, 3.05) is 7.11 Å². The number of nitrogens with one attached hydrogen (secondary N) is 1. The molecule has 1 amide bonds. The van der Waals surface area contributed by atoms with E-state index in [1.807, 2.05) is 31.2 Å². The number of carbonyl (C=O) groups is 1. The Morgan fingerprint density at radius 1 is 1.45 bits per heavy atom. The van der Waals surface area contributed by atoms with Gasteiger partial charge in [0.15, 0.2) is 11.3 Å². The van der Waals surface area contributed by atoms with Gasteiger partial charge < -0.3 is 14.9 Å². The number of rotatable bonds is 5. The molecule has 5 heteroatoms.